The lowest BCUT2D eigenvalue weighted by Crippen LogP contribution is -2.11. The van der Waals surface area contributed by atoms with Crippen LogP contribution in [-0.4, -0.2) is 4.57 Å². The Morgan fingerprint density at radius 3 is 1.62 bits per heavy atom. The molecule has 14 aromatic rings. The highest BCUT2D eigenvalue weighted by atomic mass is 16.3. The maximum atomic E-state index is 6.84. The van der Waals surface area contributed by atoms with Crippen LogP contribution in [0.5, 0.6) is 0 Å². The fraction of sp³-hybridized carbons (Fsp3) is 0. The van der Waals surface area contributed by atoms with Gasteiger partial charge in [0.05, 0.1) is 22.4 Å². The molecule has 4 heteroatoms. The van der Waals surface area contributed by atoms with Crippen LogP contribution in [0.1, 0.15) is 0 Å². The molecule has 0 unspecified atom stereocenters. The van der Waals surface area contributed by atoms with E-state index in [2.05, 4.69) is 240 Å². The lowest BCUT2D eigenvalue weighted by molar-refractivity contribution is 0.669. The molecule has 0 aliphatic carbocycles. The Balaban J connectivity index is 0.921. The van der Waals surface area contributed by atoms with Crippen LogP contribution >= 0.6 is 0 Å². The lowest BCUT2D eigenvalue weighted by Gasteiger charge is -2.28. The van der Waals surface area contributed by atoms with Crippen LogP contribution in [0.4, 0.5) is 17.1 Å². The first kappa shape index (κ1) is 38.2. The van der Waals surface area contributed by atoms with E-state index in [1.807, 2.05) is 12.1 Å². The van der Waals surface area contributed by atoms with Gasteiger partial charge in [0.25, 0.3) is 0 Å². The van der Waals surface area contributed by atoms with Crippen molar-refractivity contribution >= 4 is 93.5 Å². The fourth-order valence-electron chi connectivity index (χ4n) is 10.6. The first-order valence-corrected chi connectivity index (χ1v) is 23.2. The third-order valence-corrected chi connectivity index (χ3v) is 13.8. The van der Waals surface area contributed by atoms with Crippen molar-refractivity contribution in [3.05, 3.63) is 243 Å². The first-order valence-electron chi connectivity index (χ1n) is 23.2. The summed E-state index contributed by atoms with van der Waals surface area (Å²) in [6, 6.07) is 87.0. The van der Waals surface area contributed by atoms with Gasteiger partial charge in [-0.15, -0.1) is 0 Å². The summed E-state index contributed by atoms with van der Waals surface area (Å²) in [5.74, 6) is 0. The van der Waals surface area contributed by atoms with Crippen LogP contribution in [0, 0.1) is 0 Å². The average molecular weight is 869 g/mol. The minimum atomic E-state index is 0.875. The van der Waals surface area contributed by atoms with Crippen molar-refractivity contribution in [2.45, 2.75) is 0 Å². The molecular weight excluding hydrogens is 829 g/mol. The monoisotopic (exact) mass is 868 g/mol. The molecule has 0 aliphatic heterocycles. The number of fused-ring (bicyclic) bond motifs is 10. The minimum absolute atomic E-state index is 0.875. The van der Waals surface area contributed by atoms with Crippen LogP contribution in [0.3, 0.4) is 0 Å². The highest BCUT2D eigenvalue weighted by Gasteiger charge is 2.22. The molecule has 0 amide bonds. The Morgan fingerprint density at radius 1 is 0.309 bits per heavy atom. The quantitative estimate of drug-likeness (QED) is 0.160. The van der Waals surface area contributed by atoms with Crippen LogP contribution in [-0.2, 0) is 0 Å². The number of nitrogens with zero attached hydrogens (tertiary/aromatic N) is 2. The number of furan rings is 2. The van der Waals surface area contributed by atoms with E-state index < -0.39 is 0 Å². The predicted octanol–water partition coefficient (Wildman–Crippen LogP) is 18.2. The smallest absolute Gasteiger partial charge is 0.143 e. The molecule has 0 aliphatic rings. The Hall–Kier alpha value is -9.12. The van der Waals surface area contributed by atoms with Gasteiger partial charge in [-0.3, -0.25) is 0 Å². The van der Waals surface area contributed by atoms with Crippen molar-refractivity contribution in [2.24, 2.45) is 0 Å². The van der Waals surface area contributed by atoms with Gasteiger partial charge >= 0.3 is 0 Å². The summed E-state index contributed by atoms with van der Waals surface area (Å²) in [7, 11) is 0. The van der Waals surface area contributed by atoms with Gasteiger partial charge in [0.15, 0.2) is 0 Å². The molecule has 0 bridgehead atoms. The maximum Gasteiger partial charge on any atom is 0.143 e. The molecular formula is C64H40N2O2. The molecule has 0 saturated heterocycles. The number of aromatic nitrogens is 1. The molecule has 0 N–H and O–H groups in total. The summed E-state index contributed by atoms with van der Waals surface area (Å²) in [5.41, 5.74) is 16.9. The standard InChI is InChI=1S/C64H40N2O2/c1-2-15-44-40-63-56(38-43(44)14-1)54-22-13-21-53(64(54)68-63)51-19-6-9-24-58(51)65(46-33-28-41(29-34-46)45-32-37-62-55(39-45)52-20-7-12-27-61(52)67-62)47-35-30-42(31-36-47)48-16-3-8-23-57(48)66-59-25-10-4-17-49(59)50-18-5-11-26-60(50)66/h1-40H. The molecule has 3 aromatic heterocycles. The van der Waals surface area contributed by atoms with Gasteiger partial charge in [0.2, 0.25) is 0 Å². The second kappa shape index (κ2) is 15.2. The van der Waals surface area contributed by atoms with E-state index >= 15 is 0 Å². The SMILES string of the molecule is c1ccc(N(c2ccc(-c3ccc4oc5ccccc5c4c3)cc2)c2ccc(-c3ccccc3-n3c4ccccc4c4ccccc43)cc2)c(-c2cccc3c2oc2cc4ccccc4cc23)c1. The van der Waals surface area contributed by atoms with E-state index in [1.54, 1.807) is 0 Å². The molecule has 14 rings (SSSR count). The van der Waals surface area contributed by atoms with Gasteiger partial charge in [-0.05, 0) is 106 Å². The Labute approximate surface area is 391 Å². The van der Waals surface area contributed by atoms with Gasteiger partial charge in [-0.1, -0.05) is 164 Å². The molecule has 0 radical (unpaired) electrons. The van der Waals surface area contributed by atoms with Crippen LogP contribution in [0.2, 0.25) is 0 Å². The Kier molecular flexibility index (Phi) is 8.55. The molecule has 0 atom stereocenters. The third kappa shape index (κ3) is 6.01. The normalized spacial score (nSPS) is 11.8. The number of benzene rings is 11. The Morgan fingerprint density at radius 2 is 0.853 bits per heavy atom. The molecule has 0 spiro atoms. The summed E-state index contributed by atoms with van der Waals surface area (Å²) < 4.78 is 15.4. The van der Waals surface area contributed by atoms with Gasteiger partial charge in [-0.25, -0.2) is 0 Å². The summed E-state index contributed by atoms with van der Waals surface area (Å²) in [6.45, 7) is 0. The van der Waals surface area contributed by atoms with E-state index in [9.17, 15) is 0 Å². The molecule has 68 heavy (non-hydrogen) atoms. The van der Waals surface area contributed by atoms with Crippen molar-refractivity contribution < 1.29 is 8.83 Å². The molecule has 318 valence electrons. The topological polar surface area (TPSA) is 34.5 Å². The predicted molar refractivity (Wildman–Crippen MR) is 284 cm³/mol. The van der Waals surface area contributed by atoms with E-state index in [0.717, 1.165) is 105 Å². The largest absolute Gasteiger partial charge is 0.456 e. The van der Waals surface area contributed by atoms with E-state index in [-0.39, 0.29) is 0 Å². The zero-order valence-electron chi connectivity index (χ0n) is 36.8. The highest BCUT2D eigenvalue weighted by molar-refractivity contribution is 6.14. The van der Waals surface area contributed by atoms with Gasteiger partial charge in [0, 0.05) is 60.4 Å². The molecule has 11 aromatic carbocycles. The van der Waals surface area contributed by atoms with Crippen LogP contribution < -0.4 is 4.90 Å². The van der Waals surface area contributed by atoms with Crippen molar-refractivity contribution in [1.82, 2.24) is 4.57 Å². The van der Waals surface area contributed by atoms with Gasteiger partial charge < -0.3 is 18.3 Å². The molecule has 0 saturated carbocycles. The zero-order valence-corrected chi connectivity index (χ0v) is 36.8. The average Bonchev–Trinajstić information content (AvgIpc) is 4.08. The third-order valence-electron chi connectivity index (χ3n) is 13.8. The number of rotatable bonds is 7. The van der Waals surface area contributed by atoms with Crippen molar-refractivity contribution in [3.8, 4) is 39.1 Å². The van der Waals surface area contributed by atoms with E-state index in [0.29, 0.717) is 0 Å². The second-order valence-corrected chi connectivity index (χ2v) is 17.6. The summed E-state index contributed by atoms with van der Waals surface area (Å²) in [6.07, 6.45) is 0. The minimum Gasteiger partial charge on any atom is -0.456 e. The number of hydrogen-bond acceptors (Lipinski definition) is 3. The first-order chi connectivity index (χ1) is 33.7. The Bertz CT molecular complexity index is 4210. The number of hydrogen-bond donors (Lipinski definition) is 0. The summed E-state index contributed by atoms with van der Waals surface area (Å²) >= 11 is 0. The van der Waals surface area contributed by atoms with Gasteiger partial charge in [0.1, 0.15) is 22.3 Å². The van der Waals surface area contributed by atoms with Gasteiger partial charge in [-0.2, -0.15) is 0 Å². The number of para-hydroxylation sites is 6. The molecule has 3 heterocycles. The second-order valence-electron chi connectivity index (χ2n) is 17.6. The molecule has 0 fully saturated rings. The van der Waals surface area contributed by atoms with Crippen LogP contribution in [0.25, 0.3) is 116 Å². The zero-order chi connectivity index (χ0) is 44.7. The highest BCUT2D eigenvalue weighted by Crippen LogP contribution is 2.46. The van der Waals surface area contributed by atoms with E-state index in [1.165, 1.54) is 27.2 Å². The molecule has 4 nitrogen and oxygen atoms in total. The van der Waals surface area contributed by atoms with Crippen molar-refractivity contribution in [2.75, 3.05) is 4.90 Å². The lowest BCUT2D eigenvalue weighted by atomic mass is 9.98. The van der Waals surface area contributed by atoms with E-state index in [4.69, 9.17) is 8.83 Å². The summed E-state index contributed by atoms with van der Waals surface area (Å²) in [5, 5.41) is 9.30. The summed E-state index contributed by atoms with van der Waals surface area (Å²) in [4.78, 5) is 2.38. The fourth-order valence-corrected chi connectivity index (χ4v) is 10.6. The van der Waals surface area contributed by atoms with Crippen molar-refractivity contribution in [1.29, 1.82) is 0 Å². The maximum absolute atomic E-state index is 6.84. The number of anilines is 3. The van der Waals surface area contributed by atoms with Crippen molar-refractivity contribution in [3.63, 3.8) is 0 Å². The van der Waals surface area contributed by atoms with Crippen LogP contribution in [0.15, 0.2) is 251 Å².